The van der Waals surface area contributed by atoms with Crippen LogP contribution in [0.3, 0.4) is 0 Å². The molecular formula is C21H20FN3O4. The van der Waals surface area contributed by atoms with Crippen LogP contribution in [0.4, 0.5) is 4.39 Å². The fourth-order valence-corrected chi connectivity index (χ4v) is 3.27. The van der Waals surface area contributed by atoms with E-state index in [-0.39, 0.29) is 24.1 Å². The van der Waals surface area contributed by atoms with Crippen molar-refractivity contribution in [3.05, 3.63) is 66.3 Å². The van der Waals surface area contributed by atoms with E-state index in [9.17, 15) is 14.0 Å². The number of halogens is 1. The number of carbonyl (C=O) groups excluding carboxylic acids is 2. The van der Waals surface area contributed by atoms with Gasteiger partial charge in [-0.25, -0.2) is 9.37 Å². The van der Waals surface area contributed by atoms with Crippen molar-refractivity contribution in [3.8, 4) is 11.3 Å². The Labute approximate surface area is 166 Å². The summed E-state index contributed by atoms with van der Waals surface area (Å²) in [5, 5.41) is 0. The summed E-state index contributed by atoms with van der Waals surface area (Å²) in [6, 6.07) is 7.59. The molecular weight excluding hydrogens is 377 g/mol. The van der Waals surface area contributed by atoms with Crippen LogP contribution in [0.15, 0.2) is 57.9 Å². The van der Waals surface area contributed by atoms with Crippen LogP contribution >= 0.6 is 0 Å². The van der Waals surface area contributed by atoms with Gasteiger partial charge in [-0.2, -0.15) is 0 Å². The summed E-state index contributed by atoms with van der Waals surface area (Å²) >= 11 is 0. The summed E-state index contributed by atoms with van der Waals surface area (Å²) in [5.74, 6) is 0.608. The maximum Gasteiger partial charge on any atom is 0.257 e. The van der Waals surface area contributed by atoms with Gasteiger partial charge in [0.25, 0.3) is 5.91 Å². The Morgan fingerprint density at radius 3 is 2.45 bits per heavy atom. The van der Waals surface area contributed by atoms with E-state index in [2.05, 4.69) is 4.98 Å². The number of hydrogen-bond acceptors (Lipinski definition) is 5. The van der Waals surface area contributed by atoms with E-state index >= 15 is 0 Å². The molecule has 3 aromatic rings. The Bertz CT molecular complexity index is 974. The van der Waals surface area contributed by atoms with Crippen LogP contribution in [0.25, 0.3) is 11.3 Å². The number of carbonyl (C=O) groups is 2. The van der Waals surface area contributed by atoms with Gasteiger partial charge in [-0.1, -0.05) is 0 Å². The van der Waals surface area contributed by atoms with Crippen LogP contribution in [-0.4, -0.2) is 52.8 Å². The first-order valence-electron chi connectivity index (χ1n) is 9.40. The van der Waals surface area contributed by atoms with Crippen molar-refractivity contribution in [2.75, 3.05) is 26.2 Å². The van der Waals surface area contributed by atoms with Gasteiger partial charge in [-0.3, -0.25) is 9.59 Å². The molecule has 0 N–H and O–H groups in total. The summed E-state index contributed by atoms with van der Waals surface area (Å²) in [6.45, 7) is 1.97. The molecule has 1 saturated heterocycles. The summed E-state index contributed by atoms with van der Waals surface area (Å²) in [5.41, 5.74) is 1.25. The lowest BCUT2D eigenvalue weighted by Gasteiger charge is -2.34. The molecule has 2 aromatic heterocycles. The second kappa shape index (κ2) is 8.30. The predicted octanol–water partition coefficient (Wildman–Crippen LogP) is 2.99. The molecule has 0 atom stereocenters. The third-order valence-corrected chi connectivity index (χ3v) is 4.92. The molecule has 2 amide bonds. The third kappa shape index (κ3) is 4.37. The molecule has 0 unspecified atom stereocenters. The topological polar surface area (TPSA) is 79.8 Å². The second-order valence-corrected chi connectivity index (χ2v) is 6.81. The normalized spacial score (nSPS) is 14.2. The Balaban J connectivity index is 1.26. The van der Waals surface area contributed by atoms with Crippen LogP contribution in [0.2, 0.25) is 0 Å². The highest BCUT2D eigenvalue weighted by Gasteiger charge is 2.25. The van der Waals surface area contributed by atoms with E-state index < -0.39 is 0 Å². The van der Waals surface area contributed by atoms with Gasteiger partial charge in [0.15, 0.2) is 11.7 Å². The van der Waals surface area contributed by atoms with Gasteiger partial charge in [0, 0.05) is 44.6 Å². The number of nitrogens with zero attached hydrogens (tertiary/aromatic N) is 3. The Hall–Kier alpha value is -3.42. The van der Waals surface area contributed by atoms with E-state index in [0.29, 0.717) is 49.8 Å². The van der Waals surface area contributed by atoms with Crippen LogP contribution in [-0.2, 0) is 11.2 Å². The van der Waals surface area contributed by atoms with E-state index in [1.165, 1.54) is 24.7 Å². The molecule has 0 bridgehead atoms. The molecule has 4 rings (SSSR count). The summed E-state index contributed by atoms with van der Waals surface area (Å²) in [7, 11) is 0. The predicted molar refractivity (Wildman–Crippen MR) is 101 cm³/mol. The van der Waals surface area contributed by atoms with Crippen molar-refractivity contribution in [1.82, 2.24) is 14.8 Å². The first-order valence-corrected chi connectivity index (χ1v) is 9.40. The zero-order valence-corrected chi connectivity index (χ0v) is 15.7. The van der Waals surface area contributed by atoms with E-state index in [1.54, 1.807) is 34.2 Å². The number of aromatic nitrogens is 1. The van der Waals surface area contributed by atoms with Gasteiger partial charge in [0.1, 0.15) is 12.1 Å². The number of hydrogen-bond donors (Lipinski definition) is 0. The standard InChI is InChI=1S/C21H20FN3O4/c22-17-3-1-15(2-4-17)18-13-23-19(29-18)5-6-20(26)24-8-10-25(11-9-24)21(27)16-7-12-28-14-16/h1-4,7,12-14H,5-6,8-11H2. The quantitative estimate of drug-likeness (QED) is 0.661. The fourth-order valence-electron chi connectivity index (χ4n) is 3.27. The summed E-state index contributed by atoms with van der Waals surface area (Å²) in [6.07, 6.45) is 5.13. The van der Waals surface area contributed by atoms with E-state index in [1.807, 2.05) is 0 Å². The number of aryl methyl sites for hydroxylation is 1. The first-order chi connectivity index (χ1) is 14.1. The molecule has 0 saturated carbocycles. The van der Waals surface area contributed by atoms with Crippen molar-refractivity contribution in [3.63, 3.8) is 0 Å². The Morgan fingerprint density at radius 2 is 1.76 bits per heavy atom. The number of oxazole rings is 1. The van der Waals surface area contributed by atoms with Crippen LogP contribution in [0.5, 0.6) is 0 Å². The number of benzene rings is 1. The van der Waals surface area contributed by atoms with Gasteiger partial charge < -0.3 is 18.6 Å². The van der Waals surface area contributed by atoms with Gasteiger partial charge in [0.2, 0.25) is 5.91 Å². The van der Waals surface area contributed by atoms with Gasteiger partial charge in [-0.15, -0.1) is 0 Å². The largest absolute Gasteiger partial charge is 0.472 e. The van der Waals surface area contributed by atoms with Crippen LogP contribution in [0, 0.1) is 5.82 Å². The average molecular weight is 397 g/mol. The molecule has 1 aliphatic heterocycles. The summed E-state index contributed by atoms with van der Waals surface area (Å²) < 4.78 is 23.6. The Morgan fingerprint density at radius 1 is 1.03 bits per heavy atom. The minimum absolute atomic E-state index is 0.00180. The van der Waals surface area contributed by atoms with Gasteiger partial charge in [0.05, 0.1) is 18.0 Å². The smallest absolute Gasteiger partial charge is 0.257 e. The third-order valence-electron chi connectivity index (χ3n) is 4.92. The molecule has 7 nitrogen and oxygen atoms in total. The highest BCUT2D eigenvalue weighted by Crippen LogP contribution is 2.21. The molecule has 8 heteroatoms. The zero-order valence-electron chi connectivity index (χ0n) is 15.7. The van der Waals surface area contributed by atoms with Gasteiger partial charge in [-0.05, 0) is 30.3 Å². The second-order valence-electron chi connectivity index (χ2n) is 6.81. The number of rotatable bonds is 5. The van der Waals surface area contributed by atoms with Crippen molar-refractivity contribution < 1.29 is 22.8 Å². The van der Waals surface area contributed by atoms with E-state index in [0.717, 1.165) is 5.56 Å². The molecule has 1 aromatic carbocycles. The minimum atomic E-state index is -0.314. The first kappa shape index (κ1) is 18.9. The monoisotopic (exact) mass is 397 g/mol. The molecule has 0 spiro atoms. The zero-order chi connectivity index (χ0) is 20.2. The highest BCUT2D eigenvalue weighted by atomic mass is 19.1. The molecule has 3 heterocycles. The maximum atomic E-state index is 13.0. The molecule has 29 heavy (non-hydrogen) atoms. The number of amides is 2. The fraction of sp³-hybridized carbons (Fsp3) is 0.286. The maximum absolute atomic E-state index is 13.0. The minimum Gasteiger partial charge on any atom is -0.472 e. The van der Waals surface area contributed by atoms with Crippen LogP contribution in [0.1, 0.15) is 22.7 Å². The average Bonchev–Trinajstić information content (AvgIpc) is 3.44. The molecule has 150 valence electrons. The van der Waals surface area contributed by atoms with Crippen LogP contribution < -0.4 is 0 Å². The van der Waals surface area contributed by atoms with Crippen molar-refractivity contribution >= 4 is 11.8 Å². The summed E-state index contributed by atoms with van der Waals surface area (Å²) in [4.78, 5) is 32.5. The molecule has 1 fully saturated rings. The van der Waals surface area contributed by atoms with Gasteiger partial charge >= 0.3 is 0 Å². The van der Waals surface area contributed by atoms with E-state index in [4.69, 9.17) is 8.83 Å². The number of piperazine rings is 1. The lowest BCUT2D eigenvalue weighted by atomic mass is 10.2. The molecule has 1 aliphatic rings. The molecule has 0 aliphatic carbocycles. The lowest BCUT2D eigenvalue weighted by Crippen LogP contribution is -2.50. The SMILES string of the molecule is O=C(CCc1ncc(-c2ccc(F)cc2)o1)N1CCN(C(=O)c2ccoc2)CC1. The van der Waals surface area contributed by atoms with Crippen molar-refractivity contribution in [2.45, 2.75) is 12.8 Å². The number of furan rings is 1. The lowest BCUT2D eigenvalue weighted by molar-refractivity contribution is -0.132. The van der Waals surface area contributed by atoms with Crippen molar-refractivity contribution in [2.24, 2.45) is 0 Å². The molecule has 0 radical (unpaired) electrons. The van der Waals surface area contributed by atoms with Crippen molar-refractivity contribution in [1.29, 1.82) is 0 Å². The Kier molecular flexibility index (Phi) is 5.41. The highest BCUT2D eigenvalue weighted by molar-refractivity contribution is 5.94.